The molecule has 2 amide bonds. The molecule has 0 aliphatic carbocycles. The molecule has 32 heavy (non-hydrogen) atoms. The Morgan fingerprint density at radius 3 is 2.62 bits per heavy atom. The van der Waals surface area contributed by atoms with E-state index in [0.29, 0.717) is 16.9 Å². The van der Waals surface area contributed by atoms with Crippen LogP contribution in [0.1, 0.15) is 5.56 Å². The van der Waals surface area contributed by atoms with Crippen molar-refractivity contribution < 1.29 is 24.0 Å². The van der Waals surface area contributed by atoms with Crippen molar-refractivity contribution in [2.75, 3.05) is 11.6 Å². The molecule has 0 bridgehead atoms. The summed E-state index contributed by atoms with van der Waals surface area (Å²) in [6.07, 6.45) is 3.28. The third-order valence-corrected chi connectivity index (χ3v) is 6.49. The van der Waals surface area contributed by atoms with Crippen LogP contribution in [0.3, 0.4) is 0 Å². The number of fused-ring (bicyclic) bond motifs is 1. The summed E-state index contributed by atoms with van der Waals surface area (Å²) in [5.41, 5.74) is 1.06. The molecule has 2 aliphatic rings. The Labute approximate surface area is 201 Å². The van der Waals surface area contributed by atoms with E-state index < -0.39 is 39.0 Å². The smallest absolute Gasteiger partial charge is 0.355 e. The van der Waals surface area contributed by atoms with Crippen molar-refractivity contribution in [1.29, 1.82) is 0 Å². The van der Waals surface area contributed by atoms with Crippen LogP contribution in [0.4, 0.5) is 5.69 Å². The first-order chi connectivity index (χ1) is 15.2. The van der Waals surface area contributed by atoms with Crippen molar-refractivity contribution in [3.63, 3.8) is 0 Å². The van der Waals surface area contributed by atoms with E-state index in [0.717, 1.165) is 0 Å². The number of nitrogens with zero attached hydrogens (tertiary/aromatic N) is 2. The average molecular weight is 521 g/mol. The van der Waals surface area contributed by atoms with Gasteiger partial charge in [0, 0.05) is 23.8 Å². The summed E-state index contributed by atoms with van der Waals surface area (Å²) in [5, 5.41) is 12.7. The summed E-state index contributed by atoms with van der Waals surface area (Å²) < 4.78 is 5.37. The predicted octanol–water partition coefficient (Wildman–Crippen LogP) is 2.89. The number of rotatable bonds is 8. The van der Waals surface area contributed by atoms with E-state index in [1.165, 1.54) is 40.9 Å². The molecule has 1 aromatic rings. The standard InChI is InChI=1S/C19H16Cl3N3O6S/c20-7-1-2-11-9-32-18-13(23-16(26)15(21)22)17(27)24(18)14(11)19(28)31-8-10-3-5-12(6-4-10)25(29)30/h1-6,13,15,18H,7-9H2,(H,23,26)/b2-1+/t13-,18-/m1/s1. The van der Waals surface area contributed by atoms with Crippen LogP contribution in [0.2, 0.25) is 0 Å². The van der Waals surface area contributed by atoms with E-state index in [9.17, 15) is 24.5 Å². The monoisotopic (exact) mass is 519 g/mol. The Bertz CT molecular complexity index is 999. The number of nitro benzene ring substituents is 1. The lowest BCUT2D eigenvalue weighted by molar-refractivity contribution is -0.384. The molecule has 1 fully saturated rings. The minimum atomic E-state index is -1.32. The predicted molar refractivity (Wildman–Crippen MR) is 120 cm³/mol. The van der Waals surface area contributed by atoms with Crippen LogP contribution in [0.25, 0.3) is 0 Å². The highest BCUT2D eigenvalue weighted by Crippen LogP contribution is 2.41. The summed E-state index contributed by atoms with van der Waals surface area (Å²) >= 11 is 18.1. The van der Waals surface area contributed by atoms with Crippen molar-refractivity contribution >= 4 is 70.0 Å². The Morgan fingerprint density at radius 2 is 2.03 bits per heavy atom. The van der Waals surface area contributed by atoms with Gasteiger partial charge in [0.15, 0.2) is 4.84 Å². The van der Waals surface area contributed by atoms with Crippen LogP contribution < -0.4 is 5.32 Å². The van der Waals surface area contributed by atoms with Gasteiger partial charge in [-0.15, -0.1) is 23.4 Å². The number of nitro groups is 1. The van der Waals surface area contributed by atoms with Crippen molar-refractivity contribution in [2.24, 2.45) is 0 Å². The van der Waals surface area contributed by atoms with Gasteiger partial charge in [0.05, 0.1) is 4.92 Å². The number of hydrogen-bond donors (Lipinski definition) is 1. The van der Waals surface area contributed by atoms with Crippen LogP contribution in [-0.4, -0.2) is 55.5 Å². The lowest BCUT2D eigenvalue weighted by Crippen LogP contribution is -2.71. The number of allylic oxidation sites excluding steroid dienone is 2. The topological polar surface area (TPSA) is 119 Å². The van der Waals surface area contributed by atoms with Gasteiger partial charge in [0.2, 0.25) is 0 Å². The number of benzene rings is 1. The molecule has 1 N–H and O–H groups in total. The molecule has 0 saturated carbocycles. The second kappa shape index (κ2) is 10.6. The quantitative estimate of drug-likeness (QED) is 0.184. The van der Waals surface area contributed by atoms with Crippen molar-refractivity contribution in [1.82, 2.24) is 10.2 Å². The fourth-order valence-corrected chi connectivity index (χ4v) is 4.63. The number of ether oxygens (including phenoxy) is 1. The number of non-ortho nitro benzene ring substituents is 1. The van der Waals surface area contributed by atoms with Gasteiger partial charge in [-0.05, 0) is 23.3 Å². The molecule has 1 aromatic carbocycles. The highest BCUT2D eigenvalue weighted by Gasteiger charge is 2.54. The summed E-state index contributed by atoms with van der Waals surface area (Å²) in [6.45, 7) is -0.146. The number of thioether (sulfide) groups is 1. The van der Waals surface area contributed by atoms with E-state index in [-0.39, 0.29) is 23.9 Å². The molecular formula is C19H16Cl3N3O6S. The molecule has 3 rings (SSSR count). The molecule has 0 aromatic heterocycles. The van der Waals surface area contributed by atoms with Gasteiger partial charge in [0.1, 0.15) is 23.7 Å². The molecule has 13 heteroatoms. The van der Waals surface area contributed by atoms with Gasteiger partial charge in [0.25, 0.3) is 17.5 Å². The second-order valence-electron chi connectivity index (χ2n) is 6.63. The Morgan fingerprint density at radius 1 is 1.34 bits per heavy atom. The van der Waals surface area contributed by atoms with Crippen molar-refractivity contribution in [2.45, 2.75) is 22.9 Å². The molecule has 2 heterocycles. The Hall–Kier alpha value is -2.27. The van der Waals surface area contributed by atoms with E-state index >= 15 is 0 Å². The lowest BCUT2D eigenvalue weighted by Gasteiger charge is -2.49. The number of hydrogen-bond acceptors (Lipinski definition) is 7. The van der Waals surface area contributed by atoms with Gasteiger partial charge in [-0.25, -0.2) is 4.79 Å². The van der Waals surface area contributed by atoms with E-state index in [2.05, 4.69) is 5.32 Å². The first-order valence-electron chi connectivity index (χ1n) is 9.14. The zero-order valence-corrected chi connectivity index (χ0v) is 19.3. The molecule has 0 radical (unpaired) electrons. The summed E-state index contributed by atoms with van der Waals surface area (Å²) in [7, 11) is 0. The molecule has 9 nitrogen and oxygen atoms in total. The number of carbonyl (C=O) groups excluding carboxylic acids is 3. The first-order valence-corrected chi connectivity index (χ1v) is 11.6. The molecule has 0 unspecified atom stereocenters. The number of amides is 2. The number of alkyl halides is 3. The van der Waals surface area contributed by atoms with Gasteiger partial charge < -0.3 is 10.1 Å². The normalized spacial score (nSPS) is 20.2. The second-order valence-corrected chi connectivity index (χ2v) is 9.14. The van der Waals surface area contributed by atoms with Crippen LogP contribution in [0.15, 0.2) is 47.7 Å². The summed E-state index contributed by atoms with van der Waals surface area (Å²) in [6, 6.07) is 4.68. The maximum absolute atomic E-state index is 12.9. The highest BCUT2D eigenvalue weighted by atomic mass is 35.5. The van der Waals surface area contributed by atoms with Gasteiger partial charge >= 0.3 is 5.97 Å². The number of β-lactam (4-membered cyclic amide) rings is 1. The van der Waals surface area contributed by atoms with Gasteiger partial charge in [-0.1, -0.05) is 35.4 Å². The maximum atomic E-state index is 12.9. The van der Waals surface area contributed by atoms with Crippen LogP contribution in [0.5, 0.6) is 0 Å². The SMILES string of the molecule is O=C(OCc1ccc([N+](=O)[O-])cc1)C1=C(/C=C/CCl)CS[C@@H]2[C@H](NC(=O)C(Cl)Cl)C(=O)N12. The largest absolute Gasteiger partial charge is 0.456 e. The van der Waals surface area contributed by atoms with Crippen LogP contribution in [-0.2, 0) is 25.7 Å². The van der Waals surface area contributed by atoms with Crippen LogP contribution in [0, 0.1) is 10.1 Å². The van der Waals surface area contributed by atoms with E-state index in [4.69, 9.17) is 39.5 Å². The zero-order valence-electron chi connectivity index (χ0n) is 16.2. The highest BCUT2D eigenvalue weighted by molar-refractivity contribution is 8.00. The minimum absolute atomic E-state index is 0.0563. The van der Waals surface area contributed by atoms with Gasteiger partial charge in [-0.2, -0.15) is 0 Å². The number of esters is 1. The molecule has 2 atom stereocenters. The average Bonchev–Trinajstić information content (AvgIpc) is 2.78. The number of nitrogens with one attached hydrogen (secondary N) is 1. The fraction of sp³-hybridized carbons (Fsp3) is 0.316. The maximum Gasteiger partial charge on any atom is 0.355 e. The minimum Gasteiger partial charge on any atom is -0.456 e. The van der Waals surface area contributed by atoms with E-state index in [1.807, 2.05) is 0 Å². The summed E-state index contributed by atoms with van der Waals surface area (Å²) in [4.78, 5) is 47.6. The molecular weight excluding hydrogens is 505 g/mol. The molecule has 0 spiro atoms. The molecule has 1 saturated heterocycles. The van der Waals surface area contributed by atoms with Gasteiger partial charge in [-0.3, -0.25) is 24.6 Å². The van der Waals surface area contributed by atoms with Crippen molar-refractivity contribution in [3.05, 3.63) is 63.4 Å². The summed E-state index contributed by atoms with van der Waals surface area (Å²) in [5.74, 6) is -1.35. The van der Waals surface area contributed by atoms with E-state index in [1.54, 1.807) is 12.2 Å². The number of carbonyl (C=O) groups is 3. The third kappa shape index (κ3) is 5.20. The first kappa shape index (κ1) is 24.4. The Balaban J connectivity index is 1.77. The zero-order chi connectivity index (χ0) is 23.4. The fourth-order valence-electron chi connectivity index (χ4n) is 3.09. The molecule has 2 aliphatic heterocycles. The Kier molecular flexibility index (Phi) is 8.05. The molecule has 170 valence electrons. The third-order valence-electron chi connectivity index (χ3n) is 4.61. The van der Waals surface area contributed by atoms with Crippen LogP contribution >= 0.6 is 46.6 Å². The van der Waals surface area contributed by atoms with Crippen molar-refractivity contribution in [3.8, 4) is 0 Å². The number of halogens is 3. The lowest BCUT2D eigenvalue weighted by atomic mass is 10.0.